The predicted molar refractivity (Wildman–Crippen MR) is 105 cm³/mol. The summed E-state index contributed by atoms with van der Waals surface area (Å²) in [4.78, 5) is -0.105. The monoisotopic (exact) mass is 469 g/mol. The number of rotatable bonds is 6. The Hall–Kier alpha value is -3.19. The van der Waals surface area contributed by atoms with Crippen LogP contribution in [0.25, 0.3) is 5.82 Å². The fourth-order valence-electron chi connectivity index (χ4n) is 3.23. The van der Waals surface area contributed by atoms with E-state index in [1.165, 1.54) is 4.31 Å². The summed E-state index contributed by atoms with van der Waals surface area (Å²) in [5.74, 6) is 0.376. The standard InChI is InChI=1S/C19H18F3N5O4S/c20-19(21,22)31-15-2-4-16(5-3-15)32(28,29)26-12-8-14(9-13-26)30-18-7-6-17(24-25-18)27-11-1-10-23-27/h1-7,10-11,14H,8-9,12-13H2. The summed E-state index contributed by atoms with van der Waals surface area (Å²) in [6, 6.07) is 9.27. The first-order valence-corrected chi connectivity index (χ1v) is 11.0. The molecule has 32 heavy (non-hydrogen) atoms. The van der Waals surface area contributed by atoms with Crippen LogP contribution in [0, 0.1) is 0 Å². The molecule has 0 aliphatic carbocycles. The summed E-state index contributed by atoms with van der Waals surface area (Å²) < 4.78 is 74.8. The molecule has 13 heteroatoms. The van der Waals surface area contributed by atoms with Gasteiger partial charge in [0.15, 0.2) is 5.82 Å². The Balaban J connectivity index is 1.33. The minimum atomic E-state index is -4.84. The van der Waals surface area contributed by atoms with E-state index in [-0.39, 0.29) is 24.1 Å². The SMILES string of the molecule is O=S(=O)(c1ccc(OC(F)(F)F)cc1)N1CCC(Oc2ccc(-n3cccn3)nn2)CC1. The molecule has 170 valence electrons. The van der Waals surface area contributed by atoms with Crippen molar-refractivity contribution in [2.45, 2.75) is 30.2 Å². The molecule has 0 atom stereocenters. The molecule has 2 aromatic heterocycles. The van der Waals surface area contributed by atoms with Gasteiger partial charge >= 0.3 is 6.36 Å². The van der Waals surface area contributed by atoms with Crippen LogP contribution in [0.15, 0.2) is 59.8 Å². The molecule has 0 bridgehead atoms. The summed E-state index contributed by atoms with van der Waals surface area (Å²) in [6.07, 6.45) is -0.870. The van der Waals surface area contributed by atoms with Crippen molar-refractivity contribution in [1.82, 2.24) is 24.3 Å². The summed E-state index contributed by atoms with van der Waals surface area (Å²) in [7, 11) is -3.85. The van der Waals surface area contributed by atoms with Crippen molar-refractivity contribution >= 4 is 10.0 Å². The molecule has 3 aromatic rings. The van der Waals surface area contributed by atoms with E-state index >= 15 is 0 Å². The molecule has 1 aliphatic heterocycles. The van der Waals surface area contributed by atoms with E-state index in [1.54, 1.807) is 35.3 Å². The van der Waals surface area contributed by atoms with Crippen LogP contribution in [0.1, 0.15) is 12.8 Å². The summed E-state index contributed by atoms with van der Waals surface area (Å²) in [5, 5.41) is 12.1. The summed E-state index contributed by atoms with van der Waals surface area (Å²) in [5.41, 5.74) is 0. The molecule has 0 unspecified atom stereocenters. The van der Waals surface area contributed by atoms with Crippen LogP contribution < -0.4 is 9.47 Å². The normalized spacial score (nSPS) is 16.1. The number of nitrogens with zero attached hydrogens (tertiary/aromatic N) is 5. The van der Waals surface area contributed by atoms with E-state index in [2.05, 4.69) is 20.0 Å². The maximum Gasteiger partial charge on any atom is 0.573 e. The van der Waals surface area contributed by atoms with E-state index in [4.69, 9.17) is 4.74 Å². The molecule has 1 saturated heterocycles. The summed E-state index contributed by atoms with van der Waals surface area (Å²) in [6.45, 7) is 0.402. The molecule has 9 nitrogen and oxygen atoms in total. The quantitative estimate of drug-likeness (QED) is 0.547. The van der Waals surface area contributed by atoms with Gasteiger partial charge in [0, 0.05) is 31.5 Å². The average Bonchev–Trinajstić information content (AvgIpc) is 3.29. The second-order valence-electron chi connectivity index (χ2n) is 6.92. The molecule has 0 amide bonds. The van der Waals surface area contributed by atoms with Crippen molar-refractivity contribution in [3.8, 4) is 17.4 Å². The lowest BCUT2D eigenvalue weighted by atomic mass is 10.1. The van der Waals surface area contributed by atoms with Crippen molar-refractivity contribution in [1.29, 1.82) is 0 Å². The third-order valence-corrected chi connectivity index (χ3v) is 6.66. The van der Waals surface area contributed by atoms with Crippen LogP contribution in [0.4, 0.5) is 13.2 Å². The first-order valence-electron chi connectivity index (χ1n) is 9.57. The Bertz CT molecular complexity index is 1130. The number of halogens is 3. The highest BCUT2D eigenvalue weighted by atomic mass is 32.2. The minimum absolute atomic E-state index is 0.105. The second-order valence-corrected chi connectivity index (χ2v) is 8.86. The van der Waals surface area contributed by atoms with E-state index in [0.29, 0.717) is 24.5 Å². The van der Waals surface area contributed by atoms with Crippen molar-refractivity contribution in [2.24, 2.45) is 0 Å². The Labute approximate surface area is 181 Å². The Morgan fingerprint density at radius 2 is 1.72 bits per heavy atom. The zero-order valence-corrected chi connectivity index (χ0v) is 17.3. The fraction of sp³-hybridized carbons (Fsp3) is 0.316. The van der Waals surface area contributed by atoms with Gasteiger partial charge in [0.25, 0.3) is 0 Å². The predicted octanol–water partition coefficient (Wildman–Crippen LogP) is 2.79. The smallest absolute Gasteiger partial charge is 0.473 e. The molecular formula is C19H18F3N5O4S. The van der Waals surface area contributed by atoms with Gasteiger partial charge in [-0.2, -0.15) is 9.40 Å². The lowest BCUT2D eigenvalue weighted by Gasteiger charge is -2.31. The zero-order valence-electron chi connectivity index (χ0n) is 16.5. The molecular weight excluding hydrogens is 451 g/mol. The van der Waals surface area contributed by atoms with Crippen LogP contribution in [-0.2, 0) is 10.0 Å². The number of aromatic nitrogens is 4. The average molecular weight is 469 g/mol. The molecule has 0 N–H and O–H groups in total. The third kappa shape index (κ3) is 5.16. The van der Waals surface area contributed by atoms with Crippen molar-refractivity contribution in [2.75, 3.05) is 13.1 Å². The van der Waals surface area contributed by atoms with Gasteiger partial charge in [-0.25, -0.2) is 13.1 Å². The van der Waals surface area contributed by atoms with Crippen LogP contribution >= 0.6 is 0 Å². The molecule has 3 heterocycles. The van der Waals surface area contributed by atoms with Gasteiger partial charge in [-0.1, -0.05) is 0 Å². The molecule has 0 radical (unpaired) electrons. The van der Waals surface area contributed by atoms with Crippen LogP contribution in [-0.4, -0.2) is 58.3 Å². The van der Waals surface area contributed by atoms with E-state index < -0.39 is 22.1 Å². The molecule has 4 rings (SSSR count). The largest absolute Gasteiger partial charge is 0.573 e. The first kappa shape index (κ1) is 22.0. The Kier molecular flexibility index (Phi) is 6.02. The number of ether oxygens (including phenoxy) is 2. The van der Waals surface area contributed by atoms with Crippen molar-refractivity contribution < 1.29 is 31.1 Å². The highest BCUT2D eigenvalue weighted by Gasteiger charge is 2.32. The van der Waals surface area contributed by atoms with Gasteiger partial charge in [0.05, 0.1) is 4.90 Å². The lowest BCUT2D eigenvalue weighted by Crippen LogP contribution is -2.41. The van der Waals surface area contributed by atoms with Crippen molar-refractivity contribution in [3.63, 3.8) is 0 Å². The highest BCUT2D eigenvalue weighted by molar-refractivity contribution is 7.89. The number of hydrogen-bond donors (Lipinski definition) is 0. The Morgan fingerprint density at radius 1 is 1.00 bits per heavy atom. The third-order valence-electron chi connectivity index (χ3n) is 4.75. The molecule has 0 spiro atoms. The molecule has 0 saturated carbocycles. The second kappa shape index (κ2) is 8.74. The number of hydrogen-bond acceptors (Lipinski definition) is 7. The van der Waals surface area contributed by atoms with Gasteiger partial charge in [-0.05, 0) is 49.2 Å². The topological polar surface area (TPSA) is 99.4 Å². The molecule has 1 aliphatic rings. The van der Waals surface area contributed by atoms with Gasteiger partial charge in [0.1, 0.15) is 11.9 Å². The minimum Gasteiger partial charge on any atom is -0.473 e. The highest BCUT2D eigenvalue weighted by Crippen LogP contribution is 2.27. The van der Waals surface area contributed by atoms with E-state index in [0.717, 1.165) is 24.3 Å². The van der Waals surface area contributed by atoms with E-state index in [9.17, 15) is 21.6 Å². The lowest BCUT2D eigenvalue weighted by molar-refractivity contribution is -0.274. The van der Waals surface area contributed by atoms with Crippen LogP contribution in [0.2, 0.25) is 0 Å². The zero-order chi connectivity index (χ0) is 22.8. The van der Waals surface area contributed by atoms with Crippen molar-refractivity contribution in [3.05, 3.63) is 54.9 Å². The number of sulfonamides is 1. The van der Waals surface area contributed by atoms with Gasteiger partial charge in [-0.15, -0.1) is 23.4 Å². The Morgan fingerprint density at radius 3 is 2.28 bits per heavy atom. The van der Waals surface area contributed by atoms with Gasteiger partial charge in [-0.3, -0.25) is 0 Å². The van der Waals surface area contributed by atoms with Crippen LogP contribution in [0.3, 0.4) is 0 Å². The van der Waals surface area contributed by atoms with Gasteiger partial charge < -0.3 is 9.47 Å². The number of benzene rings is 1. The summed E-state index contributed by atoms with van der Waals surface area (Å²) >= 11 is 0. The molecule has 1 aromatic carbocycles. The number of piperidine rings is 1. The number of alkyl halides is 3. The van der Waals surface area contributed by atoms with Crippen LogP contribution in [0.5, 0.6) is 11.6 Å². The first-order chi connectivity index (χ1) is 15.2. The fourth-order valence-corrected chi connectivity index (χ4v) is 4.70. The van der Waals surface area contributed by atoms with E-state index in [1.807, 2.05) is 0 Å². The van der Waals surface area contributed by atoms with Gasteiger partial charge in [0.2, 0.25) is 15.9 Å². The maximum absolute atomic E-state index is 12.8. The molecule has 1 fully saturated rings. The maximum atomic E-state index is 12.8.